The number of alkyl halides is 2. The number of benzene rings is 2. The van der Waals surface area contributed by atoms with Crippen LogP contribution in [0.25, 0.3) is 11.1 Å². The number of nitrogens with one attached hydrogen (secondary N) is 1. The molecule has 0 amide bonds. The molecule has 0 bridgehead atoms. The Bertz CT molecular complexity index is 1100. The molecule has 262 valence electrons. The van der Waals surface area contributed by atoms with E-state index in [1.807, 2.05) is 38.2 Å². The van der Waals surface area contributed by atoms with Crippen molar-refractivity contribution in [2.45, 2.75) is 66.1 Å². The molecule has 0 aliphatic carbocycles. The van der Waals surface area contributed by atoms with Gasteiger partial charge in [0.2, 0.25) is 0 Å². The zero-order valence-electron chi connectivity index (χ0n) is 29.1. The van der Waals surface area contributed by atoms with Crippen molar-refractivity contribution in [1.82, 2.24) is 10.2 Å². The van der Waals surface area contributed by atoms with Crippen LogP contribution in [-0.2, 0) is 9.59 Å². The molecule has 1 fully saturated rings. The summed E-state index contributed by atoms with van der Waals surface area (Å²) in [6, 6.07) is 7.35. The number of carbonyl (C=O) groups excluding carboxylic acids is 2. The quantitative estimate of drug-likeness (QED) is 0.134. The average molecular weight is 656 g/mol. The fourth-order valence-corrected chi connectivity index (χ4v) is 4.16. The van der Waals surface area contributed by atoms with Crippen LogP contribution in [0.1, 0.15) is 62.8 Å². The highest BCUT2D eigenvalue weighted by atomic mass is 19.1. The number of hydrogen-bond donors (Lipinski definition) is 3. The number of aldehydes is 2. The lowest BCUT2D eigenvalue weighted by Crippen LogP contribution is -2.48. The van der Waals surface area contributed by atoms with Crippen molar-refractivity contribution < 1.29 is 32.3 Å². The van der Waals surface area contributed by atoms with Gasteiger partial charge in [0.1, 0.15) is 30.4 Å². The lowest BCUT2D eigenvalue weighted by atomic mass is 9.92. The molecule has 3 rings (SSSR count). The van der Waals surface area contributed by atoms with Crippen LogP contribution in [0.2, 0.25) is 0 Å². The highest BCUT2D eigenvalue weighted by molar-refractivity contribution is 5.71. The van der Waals surface area contributed by atoms with E-state index in [1.54, 1.807) is 19.2 Å². The van der Waals surface area contributed by atoms with Crippen LogP contribution < -0.4 is 11.1 Å². The smallest absolute Gasteiger partial charge is 0.128 e. The lowest BCUT2D eigenvalue weighted by Gasteiger charge is -2.33. The van der Waals surface area contributed by atoms with Crippen LogP contribution in [-0.4, -0.2) is 76.8 Å². The van der Waals surface area contributed by atoms with Crippen molar-refractivity contribution in [3.8, 4) is 11.1 Å². The first kappa shape index (κ1) is 47.2. The van der Waals surface area contributed by atoms with Gasteiger partial charge in [0.15, 0.2) is 0 Å². The molecule has 1 saturated heterocycles. The van der Waals surface area contributed by atoms with Gasteiger partial charge in [0, 0.05) is 51.2 Å². The fourth-order valence-electron chi connectivity index (χ4n) is 4.16. The van der Waals surface area contributed by atoms with Crippen LogP contribution >= 0.6 is 0 Å². The maximum Gasteiger partial charge on any atom is 0.128 e. The summed E-state index contributed by atoms with van der Waals surface area (Å²) in [6.07, 6.45) is 10.3. The second-order valence-corrected chi connectivity index (χ2v) is 10.5. The summed E-state index contributed by atoms with van der Waals surface area (Å²) < 4.78 is 49.4. The minimum absolute atomic E-state index is 0.193. The highest BCUT2D eigenvalue weighted by Crippen LogP contribution is 2.31. The molecule has 6 nitrogen and oxygen atoms in total. The summed E-state index contributed by atoms with van der Waals surface area (Å²) in [5, 5.41) is 9.95. The number of hydrogen-bond acceptors (Lipinski definition) is 6. The van der Waals surface area contributed by atoms with E-state index in [0.717, 1.165) is 60.8 Å². The monoisotopic (exact) mass is 655 g/mol. The Hall–Kier alpha value is -3.18. The molecule has 4 N–H and O–H groups in total. The van der Waals surface area contributed by atoms with Gasteiger partial charge in [-0.15, -0.1) is 0 Å². The van der Waals surface area contributed by atoms with E-state index in [0.29, 0.717) is 32.3 Å². The summed E-state index contributed by atoms with van der Waals surface area (Å²) in [4.78, 5) is 22.8. The first-order valence-corrected chi connectivity index (χ1v) is 15.2. The largest absolute Gasteiger partial charge is 0.400 e. The van der Waals surface area contributed by atoms with Crippen molar-refractivity contribution in [1.29, 1.82) is 0 Å². The summed E-state index contributed by atoms with van der Waals surface area (Å²) in [5.74, 6) is 0.192. The maximum atomic E-state index is 14.1. The van der Waals surface area contributed by atoms with E-state index in [-0.39, 0.29) is 24.1 Å². The number of carbonyl (C=O) groups is 2. The number of nitrogens with zero attached hydrogens (tertiary/aromatic N) is 1. The first-order valence-electron chi connectivity index (χ1n) is 15.2. The molecule has 1 heterocycles. The number of aliphatic hydroxyl groups excluding tert-OH is 1. The van der Waals surface area contributed by atoms with Crippen molar-refractivity contribution in [3.63, 3.8) is 0 Å². The molecule has 2 aromatic carbocycles. The Morgan fingerprint density at radius 2 is 1.48 bits per heavy atom. The molecule has 1 unspecified atom stereocenters. The Kier molecular flexibility index (Phi) is 31.3. The second-order valence-electron chi connectivity index (χ2n) is 10.5. The summed E-state index contributed by atoms with van der Waals surface area (Å²) in [5.41, 5.74) is 8.24. The highest BCUT2D eigenvalue weighted by Gasteiger charge is 2.24. The Morgan fingerprint density at radius 3 is 1.93 bits per heavy atom. The molecule has 0 spiro atoms. The summed E-state index contributed by atoms with van der Waals surface area (Å²) >= 11 is 0. The third kappa shape index (κ3) is 20.8. The van der Waals surface area contributed by atoms with E-state index in [1.165, 1.54) is 25.2 Å². The zero-order valence-corrected chi connectivity index (χ0v) is 29.1. The number of likely N-dealkylation sites (tertiary alicyclic amines) is 1. The molecular formula is C36H57F4N3O3. The third-order valence-electron chi connectivity index (χ3n) is 5.98. The SMILES string of the molecule is CC(C)C.CF.CN.CNC(CC=O)c1cc(-c2c(C)cc(F)cc2C)ccc1F.CO.O=CC/C=C/C=C\CCN1CC(F)C1. The maximum absolute atomic E-state index is 14.1. The number of halogens is 4. The van der Waals surface area contributed by atoms with E-state index in [4.69, 9.17) is 5.11 Å². The van der Waals surface area contributed by atoms with E-state index < -0.39 is 6.17 Å². The molecule has 10 heteroatoms. The minimum Gasteiger partial charge on any atom is -0.400 e. The molecule has 2 aromatic rings. The van der Waals surface area contributed by atoms with E-state index >= 15 is 0 Å². The molecule has 1 atom stereocenters. The van der Waals surface area contributed by atoms with Gasteiger partial charge in [-0.25, -0.2) is 13.2 Å². The van der Waals surface area contributed by atoms with E-state index in [2.05, 4.69) is 36.7 Å². The molecule has 1 aliphatic heterocycles. The number of allylic oxidation sites excluding steroid dienone is 3. The number of aryl methyl sites for hydroxylation is 2. The van der Waals surface area contributed by atoms with Gasteiger partial charge in [0.25, 0.3) is 0 Å². The second kappa shape index (κ2) is 30.5. The predicted molar refractivity (Wildman–Crippen MR) is 184 cm³/mol. The van der Waals surface area contributed by atoms with Gasteiger partial charge in [-0.05, 0) is 86.8 Å². The van der Waals surface area contributed by atoms with Crippen LogP contribution in [0.5, 0.6) is 0 Å². The fraction of sp³-hybridized carbons (Fsp3) is 0.500. The van der Waals surface area contributed by atoms with Gasteiger partial charge in [-0.1, -0.05) is 51.1 Å². The van der Waals surface area contributed by atoms with Crippen molar-refractivity contribution in [2.75, 3.05) is 48.0 Å². The van der Waals surface area contributed by atoms with Crippen LogP contribution in [0.3, 0.4) is 0 Å². The van der Waals surface area contributed by atoms with Gasteiger partial charge >= 0.3 is 0 Å². The number of nitrogens with two attached hydrogens (primary N) is 1. The normalized spacial score (nSPS) is 12.9. The molecule has 0 aromatic heterocycles. The summed E-state index contributed by atoms with van der Waals surface area (Å²) in [6.45, 7) is 12.3. The third-order valence-corrected chi connectivity index (χ3v) is 5.98. The van der Waals surface area contributed by atoms with Gasteiger partial charge < -0.3 is 25.7 Å². The first-order chi connectivity index (χ1) is 22.0. The Balaban J connectivity index is -0.000000660. The predicted octanol–water partition coefficient (Wildman–Crippen LogP) is 7.26. The Morgan fingerprint density at radius 1 is 0.957 bits per heavy atom. The van der Waals surface area contributed by atoms with Gasteiger partial charge in [-0.3, -0.25) is 9.29 Å². The zero-order chi connectivity index (χ0) is 36.1. The number of rotatable bonds is 11. The van der Waals surface area contributed by atoms with Crippen molar-refractivity contribution in [2.24, 2.45) is 11.7 Å². The van der Waals surface area contributed by atoms with E-state index in [9.17, 15) is 27.2 Å². The van der Waals surface area contributed by atoms with Crippen molar-refractivity contribution in [3.05, 3.63) is 83.0 Å². The standard InChI is InChI=1S/C18H19F2NO.C11H16FNO.C4H10.CH3F.CH5N.CH4O/c1-11-8-14(19)9-12(2)18(11)13-4-5-16(20)15(10-13)17(21-3)6-7-22;12-11-9-13(10-11)7-5-3-1-2-4-6-8-14;1-4(2)3;3*1-2/h4-5,7-10,17,21H,6H2,1-3H3;1-4,8,11H,5-7,9-10H2;4H,1-3H3;1H3;2H2,1H3;2H,1H3/b;3-1-,4-2+;;;;. The van der Waals surface area contributed by atoms with Gasteiger partial charge in [-0.2, -0.15) is 0 Å². The molecule has 1 aliphatic rings. The summed E-state index contributed by atoms with van der Waals surface area (Å²) in [7, 11) is 4.69. The van der Waals surface area contributed by atoms with Crippen molar-refractivity contribution >= 4 is 12.6 Å². The molecule has 0 radical (unpaired) electrons. The molecule has 0 saturated carbocycles. The average Bonchev–Trinajstić information content (AvgIpc) is 3.02. The van der Waals surface area contributed by atoms with Crippen LogP contribution in [0.4, 0.5) is 17.6 Å². The van der Waals surface area contributed by atoms with Crippen LogP contribution in [0.15, 0.2) is 54.6 Å². The Labute approximate surface area is 274 Å². The van der Waals surface area contributed by atoms with Crippen LogP contribution in [0, 0.1) is 31.4 Å². The molecule has 46 heavy (non-hydrogen) atoms. The van der Waals surface area contributed by atoms with Gasteiger partial charge in [0.05, 0.1) is 7.18 Å². The minimum atomic E-state index is -0.605. The lowest BCUT2D eigenvalue weighted by molar-refractivity contribution is -0.108. The topological polar surface area (TPSA) is 95.7 Å². The molecular weight excluding hydrogens is 598 g/mol. The number of aliphatic hydroxyl groups is 1.